The van der Waals surface area contributed by atoms with Crippen LogP contribution in [0.3, 0.4) is 0 Å². The fourth-order valence-electron chi connectivity index (χ4n) is 0.653. The summed E-state index contributed by atoms with van der Waals surface area (Å²) in [5, 5.41) is 4.42. The average molecular weight is 456 g/mol. The van der Waals surface area contributed by atoms with Gasteiger partial charge in [-0.3, -0.25) is 0 Å². The first kappa shape index (κ1) is 10.6. The van der Waals surface area contributed by atoms with Crippen LogP contribution < -0.4 is 0 Å². The molecule has 2 aliphatic heterocycles. The zero-order valence-electron chi connectivity index (χ0n) is 5.54. The fourth-order valence-corrected chi connectivity index (χ4v) is 7.71. The van der Waals surface area contributed by atoms with Crippen molar-refractivity contribution in [1.29, 1.82) is 0 Å². The maximum absolute atomic E-state index is 2.37. The molecule has 0 aromatic rings. The van der Waals surface area contributed by atoms with Crippen molar-refractivity contribution in [3.05, 3.63) is 25.1 Å². The average Bonchev–Trinajstić information content (AvgIpc) is 2.58. The van der Waals surface area contributed by atoms with Crippen LogP contribution in [0.5, 0.6) is 0 Å². The monoisotopic (exact) mass is 456 g/mol. The first-order chi connectivity index (χ1) is 5.75. The van der Waals surface area contributed by atoms with E-state index >= 15 is 0 Å². The van der Waals surface area contributed by atoms with Crippen molar-refractivity contribution in [3.8, 4) is 0 Å². The van der Waals surface area contributed by atoms with Gasteiger partial charge in [-0.2, -0.15) is 0 Å². The molecule has 12 heavy (non-hydrogen) atoms. The van der Waals surface area contributed by atoms with E-state index in [4.69, 9.17) is 0 Å². The summed E-state index contributed by atoms with van der Waals surface area (Å²) in [6.07, 6.45) is 0. The van der Waals surface area contributed by atoms with Gasteiger partial charge in [0.2, 0.25) is 0 Å². The van der Waals surface area contributed by atoms with Crippen LogP contribution in [0.4, 0.5) is 0 Å². The van der Waals surface area contributed by atoms with Crippen LogP contribution in [0.15, 0.2) is 25.1 Å². The first-order valence-corrected chi connectivity index (χ1v) is 8.45. The van der Waals surface area contributed by atoms with Crippen LogP contribution in [-0.2, 0) is 0 Å². The van der Waals surface area contributed by atoms with E-state index in [0.29, 0.717) is 0 Å². The van der Waals surface area contributed by atoms with Gasteiger partial charge >= 0.3 is 0 Å². The van der Waals surface area contributed by atoms with Crippen LogP contribution in [-0.4, -0.2) is 0 Å². The van der Waals surface area contributed by atoms with Gasteiger partial charge in [-0.1, -0.05) is 47.0 Å². The van der Waals surface area contributed by atoms with Crippen LogP contribution in [0, 0.1) is 0 Å². The van der Waals surface area contributed by atoms with Crippen molar-refractivity contribution in [2.24, 2.45) is 0 Å². The van der Waals surface area contributed by atoms with Crippen molar-refractivity contribution in [2.75, 3.05) is 0 Å². The summed E-state index contributed by atoms with van der Waals surface area (Å²) in [5.74, 6) is 0. The predicted octanol–water partition coefficient (Wildman–Crippen LogP) is 5.54. The smallest absolute Gasteiger partial charge is 0.0705 e. The standard InChI is InChI=1S/C6H2I2S4/c7-3-1-9-5(11-3)6-10-2-4(8)12-6/h1-2H/b6-5-. The Morgan fingerprint density at radius 2 is 1.25 bits per heavy atom. The van der Waals surface area contributed by atoms with Crippen molar-refractivity contribution in [2.45, 2.75) is 0 Å². The van der Waals surface area contributed by atoms with Gasteiger partial charge in [0.15, 0.2) is 0 Å². The van der Waals surface area contributed by atoms with Crippen LogP contribution in [0.25, 0.3) is 0 Å². The van der Waals surface area contributed by atoms with Crippen LogP contribution in [0.2, 0.25) is 0 Å². The zero-order chi connectivity index (χ0) is 8.55. The molecule has 0 aromatic carbocycles. The second kappa shape index (κ2) is 4.73. The molecule has 0 saturated heterocycles. The Hall–Kier alpha value is 2.08. The van der Waals surface area contributed by atoms with Gasteiger partial charge in [-0.15, -0.1) is 0 Å². The molecule has 0 nitrogen and oxygen atoms in total. The third-order valence-electron chi connectivity index (χ3n) is 1.06. The van der Waals surface area contributed by atoms with E-state index in [-0.39, 0.29) is 0 Å². The molecule has 0 aromatic heterocycles. The van der Waals surface area contributed by atoms with Gasteiger partial charge in [0.1, 0.15) is 0 Å². The van der Waals surface area contributed by atoms with E-state index in [1.54, 1.807) is 0 Å². The molecule has 6 heteroatoms. The lowest BCUT2D eigenvalue weighted by molar-refractivity contribution is 2.38. The third kappa shape index (κ3) is 2.56. The maximum atomic E-state index is 2.37. The van der Waals surface area contributed by atoms with E-state index < -0.39 is 0 Å². The Bertz CT molecular complexity index is 275. The van der Waals surface area contributed by atoms with Crippen LogP contribution >= 0.6 is 92.2 Å². The molecule has 0 fully saturated rings. The highest BCUT2D eigenvalue weighted by atomic mass is 127. The highest BCUT2D eigenvalue weighted by Crippen LogP contribution is 2.57. The lowest BCUT2D eigenvalue weighted by atomic mass is 11.2. The molecule has 2 rings (SSSR count). The normalized spacial score (nSPS) is 29.2. The van der Waals surface area contributed by atoms with Gasteiger partial charge in [-0.05, 0) is 56.0 Å². The first-order valence-electron chi connectivity index (χ1n) is 2.90. The lowest BCUT2D eigenvalue weighted by Gasteiger charge is -1.98. The zero-order valence-corrected chi connectivity index (χ0v) is 13.1. The van der Waals surface area contributed by atoms with Gasteiger partial charge in [-0.25, -0.2) is 0 Å². The molecule has 2 heterocycles. The Morgan fingerprint density at radius 3 is 1.50 bits per heavy atom. The summed E-state index contributed by atoms with van der Waals surface area (Å²) >= 11 is 12.2. The summed E-state index contributed by atoms with van der Waals surface area (Å²) < 4.78 is 5.64. The number of halogens is 2. The molecule has 0 N–H and O–H groups in total. The van der Waals surface area contributed by atoms with Gasteiger partial charge in [0.25, 0.3) is 0 Å². The number of hydrogen-bond acceptors (Lipinski definition) is 4. The molecule has 0 spiro atoms. The van der Waals surface area contributed by atoms with E-state index in [1.807, 2.05) is 47.0 Å². The highest BCUT2D eigenvalue weighted by molar-refractivity contribution is 14.1. The molecule has 0 atom stereocenters. The maximum Gasteiger partial charge on any atom is 0.0705 e. The molecule has 64 valence electrons. The quantitative estimate of drug-likeness (QED) is 0.439. The van der Waals surface area contributed by atoms with Crippen molar-refractivity contribution >= 4 is 92.2 Å². The third-order valence-corrected chi connectivity index (χ3v) is 8.69. The molecular formula is C6H2I2S4. The molecule has 2 aliphatic rings. The predicted molar refractivity (Wildman–Crippen MR) is 81.6 cm³/mol. The number of rotatable bonds is 0. The number of hydrogen-bond donors (Lipinski definition) is 0. The van der Waals surface area contributed by atoms with Gasteiger partial charge in [0, 0.05) is 0 Å². The Labute approximate surface area is 115 Å². The molecule has 0 amide bonds. The summed E-state index contributed by atoms with van der Waals surface area (Å²) in [5.41, 5.74) is 0. The minimum Gasteiger partial charge on any atom is -0.0873 e. The molecule has 0 saturated carbocycles. The molecular weight excluding hydrogens is 454 g/mol. The van der Waals surface area contributed by atoms with Crippen molar-refractivity contribution in [1.82, 2.24) is 0 Å². The number of thioether (sulfide) groups is 4. The van der Waals surface area contributed by atoms with Crippen LogP contribution in [0.1, 0.15) is 0 Å². The summed E-state index contributed by atoms with van der Waals surface area (Å²) in [6.45, 7) is 0. The fraction of sp³-hybridized carbons (Fsp3) is 0. The lowest BCUT2D eigenvalue weighted by Crippen LogP contribution is -1.64. The van der Waals surface area contributed by atoms with Gasteiger partial charge < -0.3 is 0 Å². The van der Waals surface area contributed by atoms with E-state index in [9.17, 15) is 0 Å². The van der Waals surface area contributed by atoms with Gasteiger partial charge in [0.05, 0.1) is 14.3 Å². The Kier molecular flexibility index (Phi) is 4.18. The summed E-state index contributed by atoms with van der Waals surface area (Å²) in [6, 6.07) is 0. The second-order valence-electron chi connectivity index (χ2n) is 1.86. The Balaban J connectivity index is 2.11. The van der Waals surface area contributed by atoms with E-state index in [1.165, 1.54) is 14.3 Å². The molecule has 0 bridgehead atoms. The largest absolute Gasteiger partial charge is 0.0873 e. The molecule has 0 radical (unpaired) electrons. The van der Waals surface area contributed by atoms with E-state index in [0.717, 1.165) is 0 Å². The molecule has 0 aliphatic carbocycles. The van der Waals surface area contributed by atoms with E-state index in [2.05, 4.69) is 56.0 Å². The minimum atomic E-state index is 1.38. The van der Waals surface area contributed by atoms with Crippen molar-refractivity contribution in [3.63, 3.8) is 0 Å². The SMILES string of the molecule is IC1=CS/C(=C2\SC=C(I)S2)S1. The summed E-state index contributed by atoms with van der Waals surface area (Å²) in [4.78, 5) is 0. The molecule has 0 unspecified atom stereocenters. The van der Waals surface area contributed by atoms with Crippen molar-refractivity contribution < 1.29 is 0 Å². The Morgan fingerprint density at radius 1 is 0.833 bits per heavy atom. The topological polar surface area (TPSA) is 0 Å². The highest BCUT2D eigenvalue weighted by Gasteiger charge is 2.19. The second-order valence-corrected chi connectivity index (χ2v) is 10.0. The minimum absolute atomic E-state index is 1.38. The summed E-state index contributed by atoms with van der Waals surface area (Å²) in [7, 11) is 0.